The van der Waals surface area contributed by atoms with Gasteiger partial charge in [0.25, 0.3) is 0 Å². The molecule has 0 saturated carbocycles. The van der Waals surface area contributed by atoms with Crippen LogP contribution >= 0.6 is 0 Å². The Morgan fingerprint density at radius 3 is 1.41 bits per heavy atom. The summed E-state index contributed by atoms with van der Waals surface area (Å²) in [5.74, 6) is 0. The van der Waals surface area contributed by atoms with Crippen LogP contribution in [0.3, 0.4) is 0 Å². The van der Waals surface area contributed by atoms with Crippen LogP contribution in [0.4, 0.5) is 17.1 Å². The van der Waals surface area contributed by atoms with Crippen LogP contribution in [0.25, 0.3) is 55.3 Å². The molecule has 12 aromatic rings. The van der Waals surface area contributed by atoms with Crippen molar-refractivity contribution in [1.82, 2.24) is 0 Å². The number of anilines is 3. The van der Waals surface area contributed by atoms with Crippen molar-refractivity contribution in [3.8, 4) is 44.5 Å². The second kappa shape index (κ2) is 17.2. The monoisotopic (exact) mass is 962 g/mol. The molecular formula is C72H49N. The average molecular weight is 962 g/mol. The van der Waals surface area contributed by atoms with Crippen molar-refractivity contribution in [1.29, 1.82) is 0 Å². The predicted molar refractivity (Wildman–Crippen MR) is 304 cm³/mol. The lowest BCUT2D eigenvalue weighted by molar-refractivity contribution is 0.768. The van der Waals surface area contributed by atoms with Crippen LogP contribution in [0.1, 0.15) is 91.1 Å². The van der Waals surface area contributed by atoms with E-state index in [1.807, 2.05) is 12.1 Å². The summed E-state index contributed by atoms with van der Waals surface area (Å²) in [5.41, 5.74) is -20.0. The van der Waals surface area contributed by atoms with Crippen molar-refractivity contribution < 1.29 is 46.6 Å². The molecule has 0 spiro atoms. The fourth-order valence-corrected chi connectivity index (χ4v) is 10.4. The van der Waals surface area contributed by atoms with Gasteiger partial charge in [-0.15, -0.1) is 0 Å². The summed E-state index contributed by atoms with van der Waals surface area (Å²) in [6.07, 6.45) is 0. The second-order valence-electron chi connectivity index (χ2n) is 16.9. The van der Waals surface area contributed by atoms with E-state index in [0.29, 0.717) is 10.9 Å². The molecule has 0 saturated heterocycles. The number of benzene rings is 12. The maximum Gasteiger partial charge on any atom is 0.0714 e. The number of hydrogen-bond acceptors (Lipinski definition) is 1. The Balaban J connectivity index is 1.32. The van der Waals surface area contributed by atoms with E-state index >= 15 is 0 Å². The normalized spacial score (nSPS) is 19.9. The summed E-state index contributed by atoms with van der Waals surface area (Å²) in [4.78, 5) is 0.840. The molecule has 0 bridgehead atoms. The zero-order chi connectivity index (χ0) is 77.9. The summed E-state index contributed by atoms with van der Waals surface area (Å²) >= 11 is 0. The van der Waals surface area contributed by atoms with E-state index < -0.39 is 294 Å². The molecular weight excluding hydrogens is 879 g/mol. The topological polar surface area (TPSA) is 3.24 Å². The van der Waals surface area contributed by atoms with Crippen molar-refractivity contribution >= 4 is 27.8 Å². The Bertz CT molecular complexity index is 5820. The van der Waals surface area contributed by atoms with Gasteiger partial charge in [0.2, 0.25) is 0 Å². The van der Waals surface area contributed by atoms with Crippen molar-refractivity contribution in [2.75, 3.05) is 4.90 Å². The first-order valence-corrected chi connectivity index (χ1v) is 22.6. The molecule has 0 aliphatic heterocycles. The third-order valence-electron chi connectivity index (χ3n) is 13.4. The van der Waals surface area contributed by atoms with Gasteiger partial charge in [-0.25, -0.2) is 0 Å². The van der Waals surface area contributed by atoms with Gasteiger partial charge in [-0.1, -0.05) is 272 Å². The van der Waals surface area contributed by atoms with Crippen molar-refractivity contribution in [3.63, 3.8) is 0 Å². The van der Waals surface area contributed by atoms with E-state index in [1.165, 1.54) is 12.1 Å². The van der Waals surface area contributed by atoms with E-state index in [9.17, 15) is 41.1 Å². The van der Waals surface area contributed by atoms with Gasteiger partial charge in [-0.2, -0.15) is 0 Å². The van der Waals surface area contributed by atoms with Crippen molar-refractivity contribution in [2.24, 2.45) is 0 Å². The summed E-state index contributed by atoms with van der Waals surface area (Å²) < 4.78 is 330. The molecule has 73 heavy (non-hydrogen) atoms. The molecule has 0 aromatic heterocycles. The van der Waals surface area contributed by atoms with Crippen molar-refractivity contribution in [3.05, 3.63) is 341 Å². The van der Waals surface area contributed by atoms with Gasteiger partial charge >= 0.3 is 0 Å². The molecule has 0 atom stereocenters. The zero-order valence-electron chi connectivity index (χ0n) is 71.6. The molecule has 0 unspecified atom stereocenters. The fourth-order valence-electron chi connectivity index (χ4n) is 10.4. The van der Waals surface area contributed by atoms with Crippen LogP contribution in [-0.4, -0.2) is 0 Å². The van der Waals surface area contributed by atoms with Gasteiger partial charge < -0.3 is 4.90 Å². The lowest BCUT2D eigenvalue weighted by Crippen LogP contribution is -2.29. The van der Waals surface area contributed by atoms with E-state index in [1.54, 1.807) is 66.7 Å². The molecule has 0 amide bonds. The molecule has 0 fully saturated rings. The first kappa shape index (κ1) is 20.4. The summed E-state index contributed by atoms with van der Waals surface area (Å²) in [7, 11) is 0. The number of hydrogen-bond donors (Lipinski definition) is 0. The molecule has 14 rings (SSSR count). The Morgan fingerprint density at radius 1 is 0.301 bits per heavy atom. The average Bonchev–Trinajstić information content (AvgIpc) is 1.51. The van der Waals surface area contributed by atoms with Gasteiger partial charge in [0.15, 0.2) is 0 Å². The minimum absolute atomic E-state index is 0.0178. The van der Waals surface area contributed by atoms with E-state index in [2.05, 4.69) is 0 Å². The zero-order valence-corrected chi connectivity index (χ0v) is 37.6. The third-order valence-corrected chi connectivity index (χ3v) is 13.4. The Hall–Kier alpha value is -9.30. The van der Waals surface area contributed by atoms with E-state index in [0.717, 1.165) is 10.5 Å². The van der Waals surface area contributed by atoms with Gasteiger partial charge in [0.1, 0.15) is 0 Å². The van der Waals surface area contributed by atoms with Gasteiger partial charge in [-0.05, 0) is 113 Å². The van der Waals surface area contributed by atoms with Crippen LogP contribution in [0.15, 0.2) is 296 Å². The maximum atomic E-state index is 11.4. The lowest BCUT2D eigenvalue weighted by atomic mass is 9.67. The van der Waals surface area contributed by atoms with Crippen LogP contribution in [-0.2, 0) is 10.8 Å². The van der Waals surface area contributed by atoms with Gasteiger partial charge in [-0.3, -0.25) is 0 Å². The standard InChI is InChI=1S/C72H49N/c1-6-23-50(24-7-1)51-41-43-53(44-42-51)69-59-34-17-16-25-52(59)45-48-68(69)73(58-46-47-61-60-35-18-20-37-63(60)72(66(61)49-58,56-30-12-4-13-31-56)57-32-14-5-15-33-57)67-40-22-39-65-70(67)62-36-19-21-38-64(62)71(65,54-26-8-2-9-27-54)55-28-10-3-11-29-55/h1-49H/i2D,3D,4D,5D,8D,9D,10D,11D,12D,13D,14D,15D,18D,19D,20D,21D,22D,26D,27D,28D,29D,30D,31D,32D,33D,35D,36D,37D,38D,39D,40D,46D,47D,49D. The molecule has 12 aromatic carbocycles. The molecule has 0 radical (unpaired) electrons. The highest BCUT2D eigenvalue weighted by Crippen LogP contribution is 2.62. The first-order chi connectivity index (χ1) is 50.4. The van der Waals surface area contributed by atoms with Gasteiger partial charge in [0.05, 0.1) is 68.8 Å². The van der Waals surface area contributed by atoms with E-state index in [4.69, 9.17) is 5.48 Å². The SMILES string of the molecule is [2H]c1c([2H])c([2H])c(C2(c3c([2H])c([2H])c([2H])c([2H])c3[2H])c3c([2H])c([2H])c([2H])c([2H])c3-c3c([2H])c([2H])c(N(c4ccc5ccccc5c4-c4ccc(-c5ccccc5)cc4)c4c([2H])c([2H])c([2H])c5c4-c4c([2H])c([2H])c([2H])c([2H])c4C5(c4c([2H])c([2H])c([2H])c([2H])c4[2H])c4c([2H])c([2H])c([2H])c([2H])c4[2H])c([2H])c32)c([2H])c1[2H]. The number of rotatable bonds is 9. The highest BCUT2D eigenvalue weighted by Gasteiger charge is 2.49. The lowest BCUT2D eigenvalue weighted by Gasteiger charge is -2.36. The second-order valence-corrected chi connectivity index (χ2v) is 16.9. The maximum absolute atomic E-state index is 11.4. The number of nitrogens with zero attached hydrogens (tertiary/aromatic N) is 1. The highest BCUT2D eigenvalue weighted by molar-refractivity contribution is 6.08. The summed E-state index contributed by atoms with van der Waals surface area (Å²) in [6, 6.07) is -15.5. The van der Waals surface area contributed by atoms with Crippen LogP contribution < -0.4 is 4.90 Å². The molecule has 2 aliphatic rings. The largest absolute Gasteiger partial charge is 0.309 e. The van der Waals surface area contributed by atoms with Crippen LogP contribution in [0, 0.1) is 0 Å². The molecule has 2 aliphatic carbocycles. The third kappa shape index (κ3) is 6.42. The number of fused-ring (bicyclic) bond motifs is 7. The molecule has 1 heteroatoms. The molecule has 1 nitrogen and oxygen atoms in total. The first-order valence-electron chi connectivity index (χ1n) is 39.6. The Morgan fingerprint density at radius 2 is 0.781 bits per heavy atom. The molecule has 342 valence electrons. The summed E-state index contributed by atoms with van der Waals surface area (Å²) in [5, 5.41) is 0.684. The van der Waals surface area contributed by atoms with Crippen LogP contribution in [0.2, 0.25) is 0 Å². The van der Waals surface area contributed by atoms with E-state index in [-0.39, 0.29) is 22.2 Å². The van der Waals surface area contributed by atoms with Crippen molar-refractivity contribution in [2.45, 2.75) is 10.8 Å². The minimum atomic E-state index is -3.48. The minimum Gasteiger partial charge on any atom is -0.309 e. The Labute approximate surface area is 475 Å². The summed E-state index contributed by atoms with van der Waals surface area (Å²) in [6.45, 7) is 0. The Kier molecular flexibility index (Phi) is 4.82. The fraction of sp³-hybridized carbons (Fsp3) is 0.0278. The predicted octanol–water partition coefficient (Wildman–Crippen LogP) is 18.4. The smallest absolute Gasteiger partial charge is 0.0714 e. The van der Waals surface area contributed by atoms with Gasteiger partial charge in [0, 0.05) is 16.8 Å². The quantitative estimate of drug-likeness (QED) is 0.139. The molecule has 0 heterocycles. The molecule has 0 N–H and O–H groups in total. The highest BCUT2D eigenvalue weighted by atomic mass is 15.1. The van der Waals surface area contributed by atoms with Crippen LogP contribution in [0.5, 0.6) is 0 Å².